The highest BCUT2D eigenvalue weighted by molar-refractivity contribution is 4.87. The Hall–Kier alpha value is -0.300. The monoisotopic (exact) mass is 181 g/mol. The number of allylic oxidation sites excluding steroid dienone is 1. The fourth-order valence-corrected chi connectivity index (χ4v) is 1.80. The molecule has 1 aliphatic heterocycles. The van der Waals surface area contributed by atoms with Gasteiger partial charge in [0, 0.05) is 6.54 Å². The summed E-state index contributed by atoms with van der Waals surface area (Å²) < 4.78 is 0. The number of nitrogens with zero attached hydrogens (tertiary/aromatic N) is 1. The van der Waals surface area contributed by atoms with Crippen molar-refractivity contribution in [2.75, 3.05) is 19.6 Å². The van der Waals surface area contributed by atoms with Crippen molar-refractivity contribution in [2.24, 2.45) is 5.92 Å². The Labute approximate surface area is 82.8 Å². The van der Waals surface area contributed by atoms with Crippen molar-refractivity contribution in [3.63, 3.8) is 0 Å². The minimum Gasteiger partial charge on any atom is -0.300 e. The van der Waals surface area contributed by atoms with Crippen molar-refractivity contribution >= 4 is 0 Å². The van der Waals surface area contributed by atoms with E-state index in [4.69, 9.17) is 0 Å². The maximum Gasteiger partial charge on any atom is 0.0163 e. The molecular formula is C12H23N. The molecule has 0 spiro atoms. The molecular weight excluding hydrogens is 158 g/mol. The van der Waals surface area contributed by atoms with Crippen LogP contribution in [0.5, 0.6) is 0 Å². The average Bonchev–Trinajstić information content (AvgIpc) is 2.32. The highest BCUT2D eigenvalue weighted by Gasteiger charge is 2.06. The Balaban J connectivity index is 2.18. The third-order valence-corrected chi connectivity index (χ3v) is 2.58. The summed E-state index contributed by atoms with van der Waals surface area (Å²) in [7, 11) is 0. The minimum atomic E-state index is 0.701. The smallest absolute Gasteiger partial charge is 0.0163 e. The van der Waals surface area contributed by atoms with Crippen LogP contribution in [0.25, 0.3) is 0 Å². The van der Waals surface area contributed by atoms with Crippen LogP contribution < -0.4 is 0 Å². The van der Waals surface area contributed by atoms with Gasteiger partial charge in [0.05, 0.1) is 0 Å². The van der Waals surface area contributed by atoms with Crippen molar-refractivity contribution in [1.82, 2.24) is 4.90 Å². The van der Waals surface area contributed by atoms with Gasteiger partial charge in [-0.15, -0.1) is 0 Å². The van der Waals surface area contributed by atoms with Gasteiger partial charge >= 0.3 is 0 Å². The lowest BCUT2D eigenvalue weighted by Gasteiger charge is -2.17. The summed E-state index contributed by atoms with van der Waals surface area (Å²) in [4.78, 5) is 2.58. The third kappa shape index (κ3) is 5.09. The number of hydrogen-bond donors (Lipinski definition) is 0. The van der Waals surface area contributed by atoms with Crippen LogP contribution in [0.1, 0.15) is 39.5 Å². The first-order chi connectivity index (χ1) is 6.29. The van der Waals surface area contributed by atoms with Gasteiger partial charge in [-0.25, -0.2) is 0 Å². The minimum absolute atomic E-state index is 0.701. The topological polar surface area (TPSA) is 3.24 Å². The fourth-order valence-electron chi connectivity index (χ4n) is 1.80. The molecule has 1 saturated heterocycles. The molecule has 76 valence electrons. The molecule has 0 aromatic rings. The number of rotatable bonds is 3. The molecule has 0 aromatic carbocycles. The van der Waals surface area contributed by atoms with E-state index in [0.29, 0.717) is 5.92 Å². The predicted octanol–water partition coefficient (Wildman–Crippen LogP) is 3.07. The van der Waals surface area contributed by atoms with Gasteiger partial charge in [0.2, 0.25) is 0 Å². The molecule has 1 rings (SSSR count). The first-order valence-electron chi connectivity index (χ1n) is 5.68. The predicted molar refractivity (Wildman–Crippen MR) is 58.9 cm³/mol. The molecule has 1 fully saturated rings. The van der Waals surface area contributed by atoms with Gasteiger partial charge < -0.3 is 0 Å². The maximum absolute atomic E-state index is 2.58. The molecule has 0 radical (unpaired) electrons. The van der Waals surface area contributed by atoms with Crippen LogP contribution in [-0.2, 0) is 0 Å². The lowest BCUT2D eigenvalue weighted by Crippen LogP contribution is -2.24. The summed E-state index contributed by atoms with van der Waals surface area (Å²) in [5, 5.41) is 0. The third-order valence-electron chi connectivity index (χ3n) is 2.58. The first-order valence-corrected chi connectivity index (χ1v) is 5.68. The van der Waals surface area contributed by atoms with Crippen LogP contribution in [0.3, 0.4) is 0 Å². The lowest BCUT2D eigenvalue weighted by atomic mass is 10.2. The van der Waals surface area contributed by atoms with Crippen molar-refractivity contribution in [3.05, 3.63) is 12.2 Å². The number of hydrogen-bond acceptors (Lipinski definition) is 1. The Kier molecular flexibility index (Phi) is 5.14. The van der Waals surface area contributed by atoms with E-state index in [2.05, 4.69) is 30.9 Å². The van der Waals surface area contributed by atoms with Crippen LogP contribution in [0.15, 0.2) is 12.2 Å². The Bertz CT molecular complexity index is 141. The SMILES string of the molecule is CC(C)/C=C/CN1CCCCCC1. The largest absolute Gasteiger partial charge is 0.300 e. The molecule has 0 unspecified atom stereocenters. The second-order valence-corrected chi connectivity index (χ2v) is 4.39. The molecule has 0 N–H and O–H groups in total. The Morgan fingerprint density at radius 1 is 1.08 bits per heavy atom. The van der Waals surface area contributed by atoms with E-state index in [1.54, 1.807) is 0 Å². The molecule has 0 atom stereocenters. The zero-order valence-electron chi connectivity index (χ0n) is 9.13. The van der Waals surface area contributed by atoms with Gasteiger partial charge in [-0.3, -0.25) is 4.90 Å². The van der Waals surface area contributed by atoms with E-state index >= 15 is 0 Å². The zero-order chi connectivity index (χ0) is 9.52. The zero-order valence-corrected chi connectivity index (χ0v) is 9.13. The van der Waals surface area contributed by atoms with Gasteiger partial charge in [-0.1, -0.05) is 38.8 Å². The van der Waals surface area contributed by atoms with E-state index in [1.807, 2.05) is 0 Å². The van der Waals surface area contributed by atoms with Crippen LogP contribution in [0.4, 0.5) is 0 Å². The van der Waals surface area contributed by atoms with Gasteiger partial charge in [0.15, 0.2) is 0 Å². The molecule has 0 amide bonds. The Morgan fingerprint density at radius 3 is 2.23 bits per heavy atom. The van der Waals surface area contributed by atoms with Crippen LogP contribution >= 0.6 is 0 Å². The molecule has 1 heterocycles. The lowest BCUT2D eigenvalue weighted by molar-refractivity contribution is 0.315. The van der Waals surface area contributed by atoms with Crippen LogP contribution in [-0.4, -0.2) is 24.5 Å². The van der Waals surface area contributed by atoms with E-state index in [0.717, 1.165) is 6.54 Å². The summed E-state index contributed by atoms with van der Waals surface area (Å²) in [5.74, 6) is 0.701. The summed E-state index contributed by atoms with van der Waals surface area (Å²) in [5.41, 5.74) is 0. The van der Waals surface area contributed by atoms with E-state index < -0.39 is 0 Å². The van der Waals surface area contributed by atoms with Crippen molar-refractivity contribution in [1.29, 1.82) is 0 Å². The molecule has 1 aliphatic rings. The average molecular weight is 181 g/mol. The summed E-state index contributed by atoms with van der Waals surface area (Å²) in [6, 6.07) is 0. The first kappa shape index (κ1) is 10.8. The van der Waals surface area contributed by atoms with Gasteiger partial charge in [-0.05, 0) is 31.8 Å². The van der Waals surface area contributed by atoms with Gasteiger partial charge in [-0.2, -0.15) is 0 Å². The second-order valence-electron chi connectivity index (χ2n) is 4.39. The van der Waals surface area contributed by atoms with Gasteiger partial charge in [0.25, 0.3) is 0 Å². The van der Waals surface area contributed by atoms with Crippen molar-refractivity contribution < 1.29 is 0 Å². The molecule has 0 bridgehead atoms. The highest BCUT2D eigenvalue weighted by Crippen LogP contribution is 2.09. The number of likely N-dealkylation sites (tertiary alicyclic amines) is 1. The van der Waals surface area contributed by atoms with Crippen molar-refractivity contribution in [2.45, 2.75) is 39.5 Å². The molecule has 1 nitrogen and oxygen atoms in total. The van der Waals surface area contributed by atoms with Gasteiger partial charge in [0.1, 0.15) is 0 Å². The van der Waals surface area contributed by atoms with Crippen molar-refractivity contribution in [3.8, 4) is 0 Å². The summed E-state index contributed by atoms with van der Waals surface area (Å²) in [6.07, 6.45) is 10.3. The molecule has 0 aliphatic carbocycles. The Morgan fingerprint density at radius 2 is 1.69 bits per heavy atom. The quantitative estimate of drug-likeness (QED) is 0.605. The van der Waals surface area contributed by atoms with Crippen LogP contribution in [0.2, 0.25) is 0 Å². The normalized spacial score (nSPS) is 21.2. The summed E-state index contributed by atoms with van der Waals surface area (Å²) >= 11 is 0. The fraction of sp³-hybridized carbons (Fsp3) is 0.833. The molecule has 13 heavy (non-hydrogen) atoms. The van der Waals surface area contributed by atoms with Crippen LogP contribution in [0, 0.1) is 5.92 Å². The standard InChI is InChI=1S/C12H23N/c1-12(2)8-7-11-13-9-5-3-4-6-10-13/h7-8,12H,3-6,9-11H2,1-2H3/b8-7+. The second kappa shape index (κ2) is 6.20. The van der Waals surface area contributed by atoms with E-state index in [9.17, 15) is 0 Å². The molecule has 0 aromatic heterocycles. The maximum atomic E-state index is 2.58. The van der Waals surface area contributed by atoms with E-state index in [1.165, 1.54) is 38.8 Å². The molecule has 1 heteroatoms. The molecule has 0 saturated carbocycles. The van der Waals surface area contributed by atoms with E-state index in [-0.39, 0.29) is 0 Å². The highest BCUT2D eigenvalue weighted by atomic mass is 15.1. The summed E-state index contributed by atoms with van der Waals surface area (Å²) in [6.45, 7) is 8.25.